The minimum atomic E-state index is 0.456. The Morgan fingerprint density at radius 1 is 1.45 bits per heavy atom. The SMILES string of the molecule is Cc1ccc(CCl)c(Cl)c1Br. The molecule has 0 radical (unpaired) electrons. The summed E-state index contributed by atoms with van der Waals surface area (Å²) in [7, 11) is 0. The third-order valence-electron chi connectivity index (χ3n) is 1.50. The fourth-order valence-electron chi connectivity index (χ4n) is 0.789. The van der Waals surface area contributed by atoms with Crippen molar-refractivity contribution < 1.29 is 0 Å². The van der Waals surface area contributed by atoms with Crippen molar-refractivity contribution in [1.29, 1.82) is 0 Å². The van der Waals surface area contributed by atoms with Gasteiger partial charge in [0.15, 0.2) is 0 Å². The summed E-state index contributed by atoms with van der Waals surface area (Å²) in [6.45, 7) is 1.99. The van der Waals surface area contributed by atoms with Gasteiger partial charge in [0.05, 0.1) is 5.02 Å². The topological polar surface area (TPSA) is 0 Å². The van der Waals surface area contributed by atoms with Crippen molar-refractivity contribution in [3.05, 3.63) is 32.8 Å². The number of aryl methyl sites for hydroxylation is 1. The number of benzene rings is 1. The largest absolute Gasteiger partial charge is 0.121 e. The van der Waals surface area contributed by atoms with Gasteiger partial charge in [0, 0.05) is 10.4 Å². The van der Waals surface area contributed by atoms with E-state index < -0.39 is 0 Å². The van der Waals surface area contributed by atoms with Gasteiger partial charge in [0.1, 0.15) is 0 Å². The van der Waals surface area contributed by atoms with Crippen LogP contribution in [0.5, 0.6) is 0 Å². The Kier molecular flexibility index (Phi) is 3.23. The van der Waals surface area contributed by atoms with Crippen molar-refractivity contribution in [3.8, 4) is 0 Å². The average Bonchev–Trinajstić information content (AvgIpc) is 2.01. The number of alkyl halides is 1. The molecule has 1 rings (SSSR count). The van der Waals surface area contributed by atoms with E-state index in [2.05, 4.69) is 15.9 Å². The summed E-state index contributed by atoms with van der Waals surface area (Å²) in [5, 5.41) is 0.722. The van der Waals surface area contributed by atoms with E-state index in [1.165, 1.54) is 0 Å². The Morgan fingerprint density at radius 3 is 2.64 bits per heavy atom. The normalized spacial score (nSPS) is 10.2. The van der Waals surface area contributed by atoms with E-state index in [0.29, 0.717) is 5.88 Å². The van der Waals surface area contributed by atoms with Gasteiger partial charge in [0.2, 0.25) is 0 Å². The van der Waals surface area contributed by atoms with Crippen LogP contribution in [0.4, 0.5) is 0 Å². The van der Waals surface area contributed by atoms with E-state index in [9.17, 15) is 0 Å². The van der Waals surface area contributed by atoms with Crippen LogP contribution >= 0.6 is 39.1 Å². The second-order valence-corrected chi connectivity index (χ2v) is 3.74. The molecule has 0 spiro atoms. The minimum absolute atomic E-state index is 0.456. The van der Waals surface area contributed by atoms with Crippen LogP contribution in [0.15, 0.2) is 16.6 Å². The zero-order chi connectivity index (χ0) is 8.43. The summed E-state index contributed by atoms with van der Waals surface area (Å²) >= 11 is 15.0. The van der Waals surface area contributed by atoms with Crippen LogP contribution in [-0.2, 0) is 5.88 Å². The lowest BCUT2D eigenvalue weighted by Gasteiger charge is -2.04. The maximum atomic E-state index is 5.97. The quantitative estimate of drug-likeness (QED) is 0.660. The van der Waals surface area contributed by atoms with E-state index in [-0.39, 0.29) is 0 Å². The molecule has 1 aromatic rings. The first-order chi connectivity index (χ1) is 5.16. The van der Waals surface area contributed by atoms with Crippen LogP contribution in [0.25, 0.3) is 0 Å². The molecule has 3 heteroatoms. The number of hydrogen-bond donors (Lipinski definition) is 0. The Labute approximate surface area is 84.6 Å². The summed E-state index contributed by atoms with van der Waals surface area (Å²) in [4.78, 5) is 0. The first-order valence-electron chi connectivity index (χ1n) is 3.16. The molecule has 0 bridgehead atoms. The highest BCUT2D eigenvalue weighted by Gasteiger charge is 2.04. The Morgan fingerprint density at radius 2 is 2.09 bits per heavy atom. The van der Waals surface area contributed by atoms with Crippen molar-refractivity contribution in [3.63, 3.8) is 0 Å². The molecule has 0 atom stereocenters. The molecule has 0 nitrogen and oxygen atoms in total. The molecule has 0 aromatic heterocycles. The third kappa shape index (κ3) is 1.90. The highest BCUT2D eigenvalue weighted by atomic mass is 79.9. The van der Waals surface area contributed by atoms with Gasteiger partial charge in [-0.1, -0.05) is 23.7 Å². The van der Waals surface area contributed by atoms with Crippen molar-refractivity contribution >= 4 is 39.1 Å². The molecule has 60 valence electrons. The molecule has 0 saturated carbocycles. The fourth-order valence-corrected chi connectivity index (χ4v) is 1.75. The minimum Gasteiger partial charge on any atom is -0.121 e. The zero-order valence-corrected chi connectivity index (χ0v) is 9.09. The summed E-state index contributed by atoms with van der Waals surface area (Å²) in [5.41, 5.74) is 2.09. The Balaban J connectivity index is 3.25. The van der Waals surface area contributed by atoms with Crippen LogP contribution in [-0.4, -0.2) is 0 Å². The van der Waals surface area contributed by atoms with Crippen molar-refractivity contribution in [2.24, 2.45) is 0 Å². The number of hydrogen-bond acceptors (Lipinski definition) is 0. The average molecular weight is 254 g/mol. The molecule has 0 unspecified atom stereocenters. The molecule has 0 N–H and O–H groups in total. The monoisotopic (exact) mass is 252 g/mol. The molecule has 0 aliphatic heterocycles. The highest BCUT2D eigenvalue weighted by Crippen LogP contribution is 2.30. The molecule has 0 aliphatic carbocycles. The van der Waals surface area contributed by atoms with E-state index in [1.807, 2.05) is 19.1 Å². The second-order valence-electron chi connectivity index (χ2n) is 2.30. The van der Waals surface area contributed by atoms with Crippen LogP contribution in [0.1, 0.15) is 11.1 Å². The summed E-state index contributed by atoms with van der Waals surface area (Å²) in [6, 6.07) is 3.93. The molecule has 0 fully saturated rings. The van der Waals surface area contributed by atoms with Crippen LogP contribution in [0.3, 0.4) is 0 Å². The number of halogens is 3. The van der Waals surface area contributed by atoms with E-state index >= 15 is 0 Å². The van der Waals surface area contributed by atoms with Gasteiger partial charge in [-0.3, -0.25) is 0 Å². The molecule has 11 heavy (non-hydrogen) atoms. The van der Waals surface area contributed by atoms with Gasteiger partial charge in [0.25, 0.3) is 0 Å². The zero-order valence-electron chi connectivity index (χ0n) is 6.00. The molecule has 0 saturated heterocycles. The van der Waals surface area contributed by atoms with Crippen LogP contribution in [0, 0.1) is 6.92 Å². The molecule has 0 aliphatic rings. The third-order valence-corrected chi connectivity index (χ3v) is 3.47. The van der Waals surface area contributed by atoms with Gasteiger partial charge in [-0.05, 0) is 34.0 Å². The second kappa shape index (κ2) is 3.79. The van der Waals surface area contributed by atoms with Crippen molar-refractivity contribution in [2.75, 3.05) is 0 Å². The lowest BCUT2D eigenvalue weighted by Crippen LogP contribution is -1.84. The lowest BCUT2D eigenvalue weighted by molar-refractivity contribution is 1.33. The van der Waals surface area contributed by atoms with Crippen molar-refractivity contribution in [2.45, 2.75) is 12.8 Å². The standard InChI is InChI=1S/C8H7BrCl2/c1-5-2-3-6(4-10)8(11)7(5)9/h2-3H,4H2,1H3. The predicted molar refractivity (Wildman–Crippen MR) is 53.4 cm³/mol. The van der Waals surface area contributed by atoms with Gasteiger partial charge < -0.3 is 0 Å². The van der Waals surface area contributed by atoms with Gasteiger partial charge in [-0.25, -0.2) is 0 Å². The lowest BCUT2D eigenvalue weighted by atomic mass is 10.2. The molecule has 0 amide bonds. The number of rotatable bonds is 1. The van der Waals surface area contributed by atoms with Gasteiger partial charge >= 0.3 is 0 Å². The maximum absolute atomic E-state index is 5.97. The molecule has 1 aromatic carbocycles. The van der Waals surface area contributed by atoms with Crippen LogP contribution < -0.4 is 0 Å². The van der Waals surface area contributed by atoms with Gasteiger partial charge in [-0.15, -0.1) is 11.6 Å². The van der Waals surface area contributed by atoms with Crippen molar-refractivity contribution in [1.82, 2.24) is 0 Å². The molecular weight excluding hydrogens is 247 g/mol. The maximum Gasteiger partial charge on any atom is 0.0594 e. The van der Waals surface area contributed by atoms with Crippen LogP contribution in [0.2, 0.25) is 5.02 Å². The van der Waals surface area contributed by atoms with E-state index in [4.69, 9.17) is 23.2 Å². The van der Waals surface area contributed by atoms with E-state index in [1.54, 1.807) is 0 Å². The highest BCUT2D eigenvalue weighted by molar-refractivity contribution is 9.10. The first-order valence-corrected chi connectivity index (χ1v) is 4.86. The predicted octanol–water partition coefficient (Wildman–Crippen LogP) is 4.15. The summed E-state index contributed by atoms with van der Waals surface area (Å²) in [5.74, 6) is 0.456. The Bertz CT molecular complexity index is 271. The summed E-state index contributed by atoms with van der Waals surface area (Å²) in [6.07, 6.45) is 0. The summed E-state index contributed by atoms with van der Waals surface area (Å²) < 4.78 is 0.942. The van der Waals surface area contributed by atoms with Gasteiger partial charge in [-0.2, -0.15) is 0 Å². The fraction of sp³-hybridized carbons (Fsp3) is 0.250. The first kappa shape index (κ1) is 9.37. The Hall–Kier alpha value is 0.280. The molecule has 0 heterocycles. The smallest absolute Gasteiger partial charge is 0.0594 e. The van der Waals surface area contributed by atoms with E-state index in [0.717, 1.165) is 20.6 Å². The molecular formula is C8H7BrCl2.